The summed E-state index contributed by atoms with van der Waals surface area (Å²) in [6.07, 6.45) is 3.68. The molecule has 1 aliphatic rings. The topological polar surface area (TPSA) is 136 Å². The van der Waals surface area contributed by atoms with Gasteiger partial charge in [0.2, 0.25) is 16.0 Å². The van der Waals surface area contributed by atoms with Gasteiger partial charge in [-0.2, -0.15) is 9.97 Å². The molecule has 2 aromatic heterocycles. The Hall–Kier alpha value is -4.03. The molecule has 1 atom stereocenters. The number of likely N-dealkylation sites (N-methyl/N-ethyl adjacent to an activating group) is 1. The highest BCUT2D eigenvalue weighted by molar-refractivity contribution is 7.92. The highest BCUT2D eigenvalue weighted by atomic mass is 32.2. The Morgan fingerprint density at radius 1 is 1.13 bits per heavy atom. The van der Waals surface area contributed by atoms with E-state index in [1.165, 1.54) is 10.6 Å². The molecule has 206 valence electrons. The fourth-order valence-corrected chi connectivity index (χ4v) is 5.67. The average molecular weight is 551 g/mol. The first kappa shape index (κ1) is 26.6. The number of sulfonamides is 1. The first-order valence-corrected chi connectivity index (χ1v) is 14.6. The summed E-state index contributed by atoms with van der Waals surface area (Å²) < 4.78 is 32.1. The number of anilines is 6. The van der Waals surface area contributed by atoms with Crippen molar-refractivity contribution in [2.75, 3.05) is 53.8 Å². The summed E-state index contributed by atoms with van der Waals surface area (Å²) in [7, 11) is 0.143. The Kier molecular flexibility index (Phi) is 7.23. The molecule has 0 amide bonds. The SMILES string of the molecule is CN[C@@H](C)CNc1cc(OC)c(Nc2nc(Nc3cccc4c3N(S(C)(=O)=O)CC4)c3cc[nH]c3n2)cc1C. The molecule has 12 heteroatoms. The second kappa shape index (κ2) is 10.6. The molecule has 0 unspecified atom stereocenters. The number of hydrogen-bond acceptors (Lipinski definition) is 9. The van der Waals surface area contributed by atoms with Gasteiger partial charge < -0.3 is 31.0 Å². The number of aryl methyl sites for hydroxylation is 1. The third-order valence-electron chi connectivity index (χ3n) is 6.91. The summed E-state index contributed by atoms with van der Waals surface area (Å²) in [6.45, 7) is 5.33. The number of hydrogen-bond donors (Lipinski definition) is 5. The summed E-state index contributed by atoms with van der Waals surface area (Å²) in [5.41, 5.74) is 5.69. The number of nitrogens with zero attached hydrogens (tertiary/aromatic N) is 3. The van der Waals surface area contributed by atoms with Gasteiger partial charge in [-0.15, -0.1) is 0 Å². The number of methoxy groups -OCH3 is 1. The van der Waals surface area contributed by atoms with Crippen LogP contribution in [-0.2, 0) is 16.4 Å². The number of aromatic nitrogens is 3. The van der Waals surface area contributed by atoms with Crippen LogP contribution in [0.15, 0.2) is 42.6 Å². The lowest BCUT2D eigenvalue weighted by Gasteiger charge is -2.21. The first-order chi connectivity index (χ1) is 18.7. The Balaban J connectivity index is 1.48. The fraction of sp³-hybridized carbons (Fsp3) is 0.333. The maximum Gasteiger partial charge on any atom is 0.232 e. The summed E-state index contributed by atoms with van der Waals surface area (Å²) in [6, 6.07) is 11.9. The fourth-order valence-electron chi connectivity index (χ4n) is 4.70. The second-order valence-electron chi connectivity index (χ2n) is 9.72. The predicted octanol–water partition coefficient (Wildman–Crippen LogP) is 4.10. The molecule has 11 nitrogen and oxygen atoms in total. The summed E-state index contributed by atoms with van der Waals surface area (Å²) in [4.78, 5) is 12.6. The molecule has 0 bridgehead atoms. The number of aromatic amines is 1. The molecule has 39 heavy (non-hydrogen) atoms. The molecule has 2 aromatic carbocycles. The van der Waals surface area contributed by atoms with Crippen LogP contribution in [0.3, 0.4) is 0 Å². The van der Waals surface area contributed by atoms with E-state index in [-0.39, 0.29) is 0 Å². The summed E-state index contributed by atoms with van der Waals surface area (Å²) in [5, 5.41) is 14.1. The molecule has 5 N–H and O–H groups in total. The second-order valence-corrected chi connectivity index (χ2v) is 11.6. The number of nitrogens with one attached hydrogen (secondary N) is 5. The Labute approximate surface area is 228 Å². The maximum atomic E-state index is 12.5. The monoisotopic (exact) mass is 550 g/mol. The van der Waals surface area contributed by atoms with E-state index < -0.39 is 10.0 Å². The van der Waals surface area contributed by atoms with E-state index in [0.29, 0.717) is 53.5 Å². The molecule has 0 aliphatic carbocycles. The van der Waals surface area contributed by atoms with Gasteiger partial charge in [0.1, 0.15) is 17.2 Å². The van der Waals surface area contributed by atoms with Crippen molar-refractivity contribution in [1.29, 1.82) is 0 Å². The zero-order valence-electron chi connectivity index (χ0n) is 22.7. The quantitative estimate of drug-likeness (QED) is 0.198. The van der Waals surface area contributed by atoms with Gasteiger partial charge in [-0.3, -0.25) is 4.31 Å². The predicted molar refractivity (Wildman–Crippen MR) is 158 cm³/mol. The number of benzene rings is 2. The van der Waals surface area contributed by atoms with Crippen LogP contribution in [0.25, 0.3) is 11.0 Å². The van der Waals surface area contributed by atoms with E-state index in [4.69, 9.17) is 9.72 Å². The Morgan fingerprint density at radius 3 is 2.69 bits per heavy atom. The van der Waals surface area contributed by atoms with Gasteiger partial charge in [-0.1, -0.05) is 12.1 Å². The van der Waals surface area contributed by atoms with Crippen LogP contribution >= 0.6 is 0 Å². The van der Waals surface area contributed by atoms with Gasteiger partial charge >= 0.3 is 0 Å². The van der Waals surface area contributed by atoms with Gasteiger partial charge in [0.15, 0.2) is 0 Å². The normalized spacial score (nSPS) is 13.8. The van der Waals surface area contributed by atoms with Crippen LogP contribution in [0.1, 0.15) is 18.1 Å². The van der Waals surface area contributed by atoms with Crippen molar-refractivity contribution in [2.45, 2.75) is 26.3 Å². The highest BCUT2D eigenvalue weighted by Gasteiger charge is 2.29. The average Bonchev–Trinajstić information content (AvgIpc) is 3.56. The number of para-hydroxylation sites is 1. The van der Waals surface area contributed by atoms with Crippen LogP contribution in [0.4, 0.5) is 34.5 Å². The van der Waals surface area contributed by atoms with Crippen molar-refractivity contribution in [3.8, 4) is 5.75 Å². The molecule has 0 spiro atoms. The molecular weight excluding hydrogens is 516 g/mol. The summed E-state index contributed by atoms with van der Waals surface area (Å²) in [5.74, 6) is 1.56. The largest absolute Gasteiger partial charge is 0.494 e. The number of rotatable bonds is 10. The van der Waals surface area contributed by atoms with Crippen LogP contribution < -0.4 is 30.3 Å². The zero-order valence-corrected chi connectivity index (χ0v) is 23.5. The van der Waals surface area contributed by atoms with Crippen molar-refractivity contribution in [3.63, 3.8) is 0 Å². The lowest BCUT2D eigenvalue weighted by Crippen LogP contribution is -2.29. The highest BCUT2D eigenvalue weighted by Crippen LogP contribution is 2.39. The molecule has 0 saturated heterocycles. The summed E-state index contributed by atoms with van der Waals surface area (Å²) >= 11 is 0. The van der Waals surface area contributed by atoms with Crippen molar-refractivity contribution >= 4 is 55.6 Å². The van der Waals surface area contributed by atoms with Gasteiger partial charge in [0.25, 0.3) is 0 Å². The Morgan fingerprint density at radius 2 is 1.95 bits per heavy atom. The van der Waals surface area contributed by atoms with Gasteiger partial charge in [-0.05, 0) is 56.6 Å². The maximum absolute atomic E-state index is 12.5. The van der Waals surface area contributed by atoms with E-state index in [9.17, 15) is 8.42 Å². The number of fused-ring (bicyclic) bond motifs is 2. The molecule has 1 aliphatic heterocycles. The van der Waals surface area contributed by atoms with Crippen molar-refractivity contribution in [3.05, 3.63) is 53.7 Å². The minimum absolute atomic E-state index is 0.315. The van der Waals surface area contributed by atoms with E-state index in [1.54, 1.807) is 13.3 Å². The molecule has 3 heterocycles. The minimum atomic E-state index is -3.42. The lowest BCUT2D eigenvalue weighted by atomic mass is 10.1. The van der Waals surface area contributed by atoms with E-state index >= 15 is 0 Å². The smallest absolute Gasteiger partial charge is 0.232 e. The van der Waals surface area contributed by atoms with E-state index in [1.807, 2.05) is 50.4 Å². The van der Waals surface area contributed by atoms with Gasteiger partial charge in [0, 0.05) is 37.1 Å². The van der Waals surface area contributed by atoms with Crippen LogP contribution in [0.5, 0.6) is 5.75 Å². The molecule has 0 radical (unpaired) electrons. The van der Waals surface area contributed by atoms with Gasteiger partial charge in [-0.25, -0.2) is 8.42 Å². The molecule has 0 fully saturated rings. The molecule has 0 saturated carbocycles. The van der Waals surface area contributed by atoms with Crippen LogP contribution in [-0.4, -0.2) is 62.9 Å². The van der Waals surface area contributed by atoms with E-state index in [2.05, 4.69) is 38.2 Å². The van der Waals surface area contributed by atoms with Crippen molar-refractivity contribution < 1.29 is 13.2 Å². The molecule has 4 aromatic rings. The molecular formula is C27H34N8O3S. The first-order valence-electron chi connectivity index (χ1n) is 12.8. The standard InChI is InChI=1S/C27H34N8O3S/c1-16-13-22(23(38-4)14-21(16)30-15-17(2)28-3)32-27-33-25-19(9-11-29-25)26(34-27)31-20-8-6-7-18-10-12-35(24(18)20)39(5,36)37/h6-9,11,13-14,17,28,30H,10,12,15H2,1-5H3,(H3,29,31,32,33,34)/t17-/m0/s1. The van der Waals surface area contributed by atoms with Gasteiger partial charge in [0.05, 0.1) is 35.8 Å². The molecule has 5 rings (SSSR count). The van der Waals surface area contributed by atoms with Crippen LogP contribution in [0, 0.1) is 6.92 Å². The third-order valence-corrected chi connectivity index (χ3v) is 8.07. The number of H-pyrrole nitrogens is 1. The van der Waals surface area contributed by atoms with Crippen molar-refractivity contribution in [1.82, 2.24) is 20.3 Å². The third kappa shape index (κ3) is 5.43. The Bertz CT molecular complexity index is 1620. The minimum Gasteiger partial charge on any atom is -0.494 e. The lowest BCUT2D eigenvalue weighted by molar-refractivity contribution is 0.417. The van der Waals surface area contributed by atoms with Crippen molar-refractivity contribution in [2.24, 2.45) is 0 Å². The van der Waals surface area contributed by atoms with Crippen LogP contribution in [0.2, 0.25) is 0 Å². The van der Waals surface area contributed by atoms with E-state index in [0.717, 1.165) is 34.4 Å². The zero-order chi connectivity index (χ0) is 27.7. The number of ether oxygens (including phenoxy) is 1.